The molecule has 74 valence electrons. The van der Waals surface area contributed by atoms with Crippen LogP contribution in [-0.2, 0) is 14.3 Å². The van der Waals surface area contributed by atoms with Crippen LogP contribution in [0.3, 0.4) is 0 Å². The predicted molar refractivity (Wildman–Crippen MR) is 50.9 cm³/mol. The first-order valence-corrected chi connectivity index (χ1v) is 4.81. The molecule has 0 radical (unpaired) electrons. The fraction of sp³-hybridized carbons (Fsp3) is 0.333. The van der Waals surface area contributed by atoms with Gasteiger partial charge >= 0.3 is 5.97 Å². The lowest BCUT2D eigenvalue weighted by molar-refractivity contribution is -0.143. The third-order valence-electron chi connectivity index (χ3n) is 2.20. The van der Waals surface area contributed by atoms with Crippen LogP contribution in [0.1, 0.15) is 12.8 Å². The van der Waals surface area contributed by atoms with Crippen LogP contribution in [0, 0.1) is 0 Å². The zero-order chi connectivity index (χ0) is 10.3. The summed E-state index contributed by atoms with van der Waals surface area (Å²) in [4.78, 5) is 22.2. The number of halogens is 2. The zero-order valence-electron chi connectivity index (χ0n) is 7.05. The molecule has 1 spiro atoms. The third kappa shape index (κ3) is 1.47. The van der Waals surface area contributed by atoms with Crippen molar-refractivity contribution in [1.29, 1.82) is 0 Å². The molecule has 1 heterocycles. The summed E-state index contributed by atoms with van der Waals surface area (Å²) in [6.07, 6.45) is 3.67. The van der Waals surface area contributed by atoms with Gasteiger partial charge in [0.05, 0.1) is 16.5 Å². The number of esters is 1. The third-order valence-corrected chi connectivity index (χ3v) is 2.76. The summed E-state index contributed by atoms with van der Waals surface area (Å²) in [6, 6.07) is 0. The molecule has 1 aliphatic carbocycles. The highest BCUT2D eigenvalue weighted by Gasteiger charge is 2.41. The Bertz CT molecular complexity index is 360. The molecule has 14 heavy (non-hydrogen) atoms. The standard InChI is InChI=1S/C9H6Cl2O3/c10-5-3-9(2-1-7(12)14-9)4-6(11)8(5)13/h3-4H,1-2H2. The normalized spacial score (nSPS) is 24.7. The number of rotatable bonds is 0. The van der Waals surface area contributed by atoms with Gasteiger partial charge in [-0.1, -0.05) is 23.2 Å². The van der Waals surface area contributed by atoms with Crippen LogP contribution >= 0.6 is 23.2 Å². The van der Waals surface area contributed by atoms with Gasteiger partial charge in [0.1, 0.15) is 0 Å². The van der Waals surface area contributed by atoms with Crippen molar-refractivity contribution in [2.45, 2.75) is 18.4 Å². The van der Waals surface area contributed by atoms with E-state index in [0.29, 0.717) is 12.8 Å². The second kappa shape index (κ2) is 3.11. The van der Waals surface area contributed by atoms with Crippen molar-refractivity contribution in [3.8, 4) is 0 Å². The number of allylic oxidation sites excluding steroid dienone is 2. The number of carbonyl (C=O) groups excluding carboxylic acids is 2. The van der Waals surface area contributed by atoms with Crippen molar-refractivity contribution in [3.05, 3.63) is 22.2 Å². The van der Waals surface area contributed by atoms with Gasteiger partial charge in [0, 0.05) is 6.42 Å². The first-order valence-electron chi connectivity index (χ1n) is 4.06. The molecule has 1 saturated heterocycles. The molecule has 5 heteroatoms. The monoisotopic (exact) mass is 232 g/mol. The van der Waals surface area contributed by atoms with Crippen LogP contribution in [0.15, 0.2) is 22.2 Å². The van der Waals surface area contributed by atoms with Crippen LogP contribution in [0.5, 0.6) is 0 Å². The van der Waals surface area contributed by atoms with Gasteiger partial charge in [-0.3, -0.25) is 9.59 Å². The molecule has 1 aliphatic heterocycles. The van der Waals surface area contributed by atoms with Crippen LogP contribution in [0.2, 0.25) is 0 Å². The minimum absolute atomic E-state index is 0.00667. The molecular formula is C9H6Cl2O3. The van der Waals surface area contributed by atoms with E-state index in [9.17, 15) is 9.59 Å². The van der Waals surface area contributed by atoms with E-state index in [1.165, 1.54) is 12.2 Å². The summed E-state index contributed by atoms with van der Waals surface area (Å²) < 4.78 is 5.07. The lowest BCUT2D eigenvalue weighted by atomic mass is 9.94. The van der Waals surface area contributed by atoms with Gasteiger partial charge in [-0.15, -0.1) is 0 Å². The fourth-order valence-electron chi connectivity index (χ4n) is 1.53. The van der Waals surface area contributed by atoms with E-state index in [1.807, 2.05) is 0 Å². The van der Waals surface area contributed by atoms with Crippen molar-refractivity contribution < 1.29 is 14.3 Å². The molecule has 0 aromatic carbocycles. The van der Waals surface area contributed by atoms with E-state index >= 15 is 0 Å². The summed E-state index contributed by atoms with van der Waals surface area (Å²) >= 11 is 11.3. The number of carbonyl (C=O) groups is 2. The van der Waals surface area contributed by atoms with Crippen LogP contribution < -0.4 is 0 Å². The Morgan fingerprint density at radius 3 is 2.21 bits per heavy atom. The molecule has 0 aromatic heterocycles. The van der Waals surface area contributed by atoms with Crippen molar-refractivity contribution in [2.24, 2.45) is 0 Å². The molecule has 0 bridgehead atoms. The van der Waals surface area contributed by atoms with Gasteiger partial charge in [-0.25, -0.2) is 0 Å². The van der Waals surface area contributed by atoms with Gasteiger partial charge in [0.25, 0.3) is 0 Å². The number of ketones is 1. The summed E-state index contributed by atoms with van der Waals surface area (Å²) in [6.45, 7) is 0. The molecule has 2 aliphatic rings. The highest BCUT2D eigenvalue weighted by Crippen LogP contribution is 2.37. The first-order chi connectivity index (χ1) is 6.52. The average Bonchev–Trinajstić information content (AvgIpc) is 2.43. The number of ether oxygens (including phenoxy) is 1. The molecule has 0 saturated carbocycles. The lowest BCUT2D eigenvalue weighted by Crippen LogP contribution is -2.28. The second-order valence-electron chi connectivity index (χ2n) is 3.24. The minimum Gasteiger partial charge on any atom is -0.450 e. The summed E-state index contributed by atoms with van der Waals surface area (Å²) in [5.41, 5.74) is -0.890. The quantitative estimate of drug-likeness (QED) is 0.600. The van der Waals surface area contributed by atoms with Gasteiger partial charge in [-0.05, 0) is 12.2 Å². The van der Waals surface area contributed by atoms with E-state index in [1.54, 1.807) is 0 Å². The molecule has 0 aromatic rings. The number of hydrogen-bond acceptors (Lipinski definition) is 3. The molecule has 0 unspecified atom stereocenters. The van der Waals surface area contributed by atoms with E-state index in [-0.39, 0.29) is 16.0 Å². The first kappa shape index (κ1) is 9.74. The Morgan fingerprint density at radius 1 is 1.21 bits per heavy atom. The fourth-order valence-corrected chi connectivity index (χ4v) is 2.15. The van der Waals surface area contributed by atoms with Crippen molar-refractivity contribution >= 4 is 35.0 Å². The van der Waals surface area contributed by atoms with E-state index in [4.69, 9.17) is 27.9 Å². The maximum absolute atomic E-state index is 11.2. The highest BCUT2D eigenvalue weighted by atomic mass is 35.5. The zero-order valence-corrected chi connectivity index (χ0v) is 8.56. The Kier molecular flexibility index (Phi) is 2.16. The predicted octanol–water partition coefficient (Wildman–Crippen LogP) is 1.89. The molecular weight excluding hydrogens is 227 g/mol. The van der Waals surface area contributed by atoms with Crippen molar-refractivity contribution in [3.63, 3.8) is 0 Å². The van der Waals surface area contributed by atoms with E-state index in [0.717, 1.165) is 0 Å². The Morgan fingerprint density at radius 2 is 1.79 bits per heavy atom. The molecule has 2 rings (SSSR count). The van der Waals surface area contributed by atoms with Gasteiger partial charge in [0.15, 0.2) is 5.60 Å². The Hall–Kier alpha value is -0.800. The van der Waals surface area contributed by atoms with E-state index < -0.39 is 11.4 Å². The Balaban J connectivity index is 2.39. The molecule has 0 atom stereocenters. The smallest absolute Gasteiger partial charge is 0.307 e. The topological polar surface area (TPSA) is 43.4 Å². The average molecular weight is 233 g/mol. The van der Waals surface area contributed by atoms with Gasteiger partial charge < -0.3 is 4.74 Å². The van der Waals surface area contributed by atoms with Gasteiger partial charge in [0.2, 0.25) is 5.78 Å². The van der Waals surface area contributed by atoms with Crippen LogP contribution in [0.25, 0.3) is 0 Å². The summed E-state index contributed by atoms with van der Waals surface area (Å²) in [5, 5.41) is 0.0133. The van der Waals surface area contributed by atoms with E-state index in [2.05, 4.69) is 0 Å². The van der Waals surface area contributed by atoms with Crippen LogP contribution in [-0.4, -0.2) is 17.4 Å². The van der Waals surface area contributed by atoms with Crippen LogP contribution in [0.4, 0.5) is 0 Å². The molecule has 0 N–H and O–H groups in total. The summed E-state index contributed by atoms with van der Waals surface area (Å²) in [5.74, 6) is -0.734. The largest absolute Gasteiger partial charge is 0.450 e. The molecule has 3 nitrogen and oxygen atoms in total. The lowest BCUT2D eigenvalue weighted by Gasteiger charge is -2.23. The summed E-state index contributed by atoms with van der Waals surface area (Å²) in [7, 11) is 0. The molecule has 0 amide bonds. The minimum atomic E-state index is -0.890. The SMILES string of the molecule is O=C1CCC2(C=C(Cl)C(=O)C(Cl)=C2)O1. The molecule has 1 fully saturated rings. The van der Waals surface area contributed by atoms with Crippen molar-refractivity contribution in [1.82, 2.24) is 0 Å². The number of hydrogen-bond donors (Lipinski definition) is 0. The number of Topliss-reactive ketones (excluding diaryl/α,β-unsaturated/α-hetero) is 1. The highest BCUT2D eigenvalue weighted by molar-refractivity contribution is 6.55. The maximum Gasteiger partial charge on any atom is 0.307 e. The second-order valence-corrected chi connectivity index (χ2v) is 4.06. The maximum atomic E-state index is 11.2. The van der Waals surface area contributed by atoms with Gasteiger partial charge in [-0.2, -0.15) is 0 Å². The Labute approximate surface area is 90.3 Å². The van der Waals surface area contributed by atoms with Crippen molar-refractivity contribution in [2.75, 3.05) is 0 Å².